The molecule has 0 atom stereocenters. The van der Waals surface area contributed by atoms with Gasteiger partial charge in [-0.1, -0.05) is 32.0 Å². The van der Waals surface area contributed by atoms with Crippen molar-refractivity contribution >= 4 is 38.3 Å². The number of rotatable bonds is 7. The average Bonchev–Trinajstić information content (AvgIpc) is 3.32. The van der Waals surface area contributed by atoms with Crippen molar-refractivity contribution < 1.29 is 13.2 Å². The Bertz CT molecular complexity index is 1200. The molecule has 8 heteroatoms. The fourth-order valence-electron chi connectivity index (χ4n) is 4.01. The van der Waals surface area contributed by atoms with Crippen molar-refractivity contribution in [1.29, 1.82) is 0 Å². The summed E-state index contributed by atoms with van der Waals surface area (Å²) in [6, 6.07) is 14.9. The third kappa shape index (κ3) is 4.69. The number of fused-ring (bicyclic) bond motifs is 2. The summed E-state index contributed by atoms with van der Waals surface area (Å²) in [6.07, 6.45) is 2.76. The van der Waals surface area contributed by atoms with Crippen molar-refractivity contribution in [1.82, 2.24) is 9.88 Å². The van der Waals surface area contributed by atoms with E-state index in [1.165, 1.54) is 4.31 Å². The number of anilines is 2. The van der Waals surface area contributed by atoms with E-state index in [1.807, 2.05) is 48.5 Å². The van der Waals surface area contributed by atoms with Crippen LogP contribution in [0, 0.1) is 5.92 Å². The van der Waals surface area contributed by atoms with Crippen LogP contribution in [0.2, 0.25) is 0 Å². The molecule has 2 N–H and O–H groups in total. The molecule has 0 aliphatic carbocycles. The van der Waals surface area contributed by atoms with Gasteiger partial charge in [-0.2, -0.15) is 0 Å². The summed E-state index contributed by atoms with van der Waals surface area (Å²) < 4.78 is 29.1. The van der Waals surface area contributed by atoms with Crippen molar-refractivity contribution in [3.8, 4) is 0 Å². The summed E-state index contributed by atoms with van der Waals surface area (Å²) in [7, 11) is -3.49. The third-order valence-corrected chi connectivity index (χ3v) is 7.19. The van der Waals surface area contributed by atoms with Crippen LogP contribution < -0.4 is 14.9 Å². The summed E-state index contributed by atoms with van der Waals surface area (Å²) >= 11 is 0. The fraction of sp³-hybridized carbons (Fsp3) is 0.348. The Balaban J connectivity index is 1.32. The lowest BCUT2D eigenvalue weighted by Crippen LogP contribution is -2.38. The Labute approximate surface area is 183 Å². The molecule has 0 unspecified atom stereocenters. The number of hydrogen-bond donors (Lipinski definition) is 2. The Morgan fingerprint density at radius 1 is 1.13 bits per heavy atom. The zero-order chi connectivity index (χ0) is 22.0. The maximum atomic E-state index is 12.7. The van der Waals surface area contributed by atoms with Crippen LogP contribution in [-0.2, 0) is 23.0 Å². The SMILES string of the molecule is CC(C)Cn1ccc2cc(NC(=O)NCCS(=O)(=O)N3CCc4ccccc43)ccc21. The van der Waals surface area contributed by atoms with E-state index in [-0.39, 0.29) is 12.3 Å². The van der Waals surface area contributed by atoms with Crippen molar-refractivity contribution in [3.05, 3.63) is 60.3 Å². The van der Waals surface area contributed by atoms with Gasteiger partial charge in [0.15, 0.2) is 0 Å². The molecule has 0 saturated carbocycles. The second-order valence-corrected chi connectivity index (χ2v) is 10.3. The van der Waals surface area contributed by atoms with Gasteiger partial charge in [-0.3, -0.25) is 4.31 Å². The number of amides is 2. The van der Waals surface area contributed by atoms with Gasteiger partial charge in [0.25, 0.3) is 0 Å². The molecule has 1 aliphatic heterocycles. The zero-order valence-electron chi connectivity index (χ0n) is 17.8. The van der Waals surface area contributed by atoms with Crippen molar-refractivity contribution in [2.24, 2.45) is 5.92 Å². The Morgan fingerprint density at radius 2 is 1.94 bits per heavy atom. The Hall–Kier alpha value is -3.00. The maximum absolute atomic E-state index is 12.7. The number of carbonyl (C=O) groups excluding carboxylic acids is 1. The Kier molecular flexibility index (Phi) is 5.91. The molecule has 1 aromatic heterocycles. The van der Waals surface area contributed by atoms with Crippen molar-refractivity contribution in [2.75, 3.05) is 28.5 Å². The van der Waals surface area contributed by atoms with Crippen LogP contribution in [-0.4, -0.2) is 37.9 Å². The van der Waals surface area contributed by atoms with Gasteiger partial charge in [0.1, 0.15) is 0 Å². The highest BCUT2D eigenvalue weighted by Crippen LogP contribution is 2.29. The molecule has 2 aromatic carbocycles. The van der Waals surface area contributed by atoms with E-state index in [2.05, 4.69) is 35.2 Å². The van der Waals surface area contributed by atoms with E-state index in [0.29, 0.717) is 24.6 Å². The van der Waals surface area contributed by atoms with Crippen molar-refractivity contribution in [2.45, 2.75) is 26.8 Å². The highest BCUT2D eigenvalue weighted by atomic mass is 32.2. The quantitative estimate of drug-likeness (QED) is 0.586. The van der Waals surface area contributed by atoms with Crippen LogP contribution in [0.3, 0.4) is 0 Å². The van der Waals surface area contributed by atoms with E-state index < -0.39 is 16.1 Å². The van der Waals surface area contributed by atoms with Gasteiger partial charge in [0.2, 0.25) is 10.0 Å². The van der Waals surface area contributed by atoms with Crippen LogP contribution in [0.25, 0.3) is 10.9 Å². The molecule has 164 valence electrons. The number of hydrogen-bond acceptors (Lipinski definition) is 3. The van der Waals surface area contributed by atoms with Gasteiger partial charge in [-0.25, -0.2) is 13.2 Å². The first-order valence-corrected chi connectivity index (χ1v) is 12.2. The smallest absolute Gasteiger partial charge is 0.319 e. The molecule has 0 radical (unpaired) electrons. The predicted octanol–water partition coefficient (Wildman–Crippen LogP) is 3.81. The molecule has 4 rings (SSSR count). The van der Waals surface area contributed by atoms with E-state index in [4.69, 9.17) is 0 Å². The lowest BCUT2D eigenvalue weighted by molar-refractivity contribution is 0.252. The predicted molar refractivity (Wildman–Crippen MR) is 125 cm³/mol. The molecule has 31 heavy (non-hydrogen) atoms. The first-order valence-electron chi connectivity index (χ1n) is 10.6. The molecular weight excluding hydrogens is 412 g/mol. The van der Waals surface area contributed by atoms with Crippen LogP contribution >= 0.6 is 0 Å². The summed E-state index contributed by atoms with van der Waals surface area (Å²) in [4.78, 5) is 12.3. The Morgan fingerprint density at radius 3 is 2.74 bits per heavy atom. The van der Waals surface area contributed by atoms with Crippen LogP contribution in [0.15, 0.2) is 54.7 Å². The average molecular weight is 441 g/mol. The van der Waals surface area contributed by atoms with Gasteiger partial charge in [0.05, 0.1) is 11.4 Å². The number of aromatic nitrogens is 1. The van der Waals surface area contributed by atoms with Gasteiger partial charge in [-0.15, -0.1) is 0 Å². The lowest BCUT2D eigenvalue weighted by atomic mass is 10.2. The molecule has 0 bridgehead atoms. The number of para-hydroxylation sites is 1. The van der Waals surface area contributed by atoms with Crippen molar-refractivity contribution in [3.63, 3.8) is 0 Å². The molecule has 7 nitrogen and oxygen atoms in total. The van der Waals surface area contributed by atoms with Gasteiger partial charge in [0, 0.05) is 42.4 Å². The van der Waals surface area contributed by atoms with Gasteiger partial charge >= 0.3 is 6.03 Å². The first-order chi connectivity index (χ1) is 14.8. The number of sulfonamides is 1. The second kappa shape index (κ2) is 8.63. The number of nitrogens with zero attached hydrogens (tertiary/aromatic N) is 2. The van der Waals surface area contributed by atoms with E-state index >= 15 is 0 Å². The highest BCUT2D eigenvalue weighted by Gasteiger charge is 2.28. The fourth-order valence-corrected chi connectivity index (χ4v) is 5.43. The van der Waals surface area contributed by atoms with Crippen LogP contribution in [0.4, 0.5) is 16.2 Å². The molecule has 0 spiro atoms. The van der Waals surface area contributed by atoms with Crippen LogP contribution in [0.5, 0.6) is 0 Å². The summed E-state index contributed by atoms with van der Waals surface area (Å²) in [6.45, 7) is 5.78. The topological polar surface area (TPSA) is 83.4 Å². The largest absolute Gasteiger partial charge is 0.347 e. The molecule has 3 aromatic rings. The number of benzene rings is 2. The number of nitrogens with one attached hydrogen (secondary N) is 2. The van der Waals surface area contributed by atoms with Gasteiger partial charge in [-0.05, 0) is 48.2 Å². The minimum atomic E-state index is -3.49. The summed E-state index contributed by atoms with van der Waals surface area (Å²) in [5.74, 6) is 0.399. The zero-order valence-corrected chi connectivity index (χ0v) is 18.7. The summed E-state index contributed by atoms with van der Waals surface area (Å²) in [5.41, 5.74) is 3.57. The standard InChI is InChI=1S/C23H28N4O3S/c1-17(2)16-26-12-9-19-15-20(7-8-21(19)26)25-23(28)24-11-14-31(29,30)27-13-10-18-5-3-4-6-22(18)27/h3-9,12,15,17H,10-11,13-14,16H2,1-2H3,(H2,24,25,28). The van der Waals surface area contributed by atoms with E-state index in [0.717, 1.165) is 28.7 Å². The van der Waals surface area contributed by atoms with Gasteiger partial charge < -0.3 is 15.2 Å². The van der Waals surface area contributed by atoms with Crippen LogP contribution in [0.1, 0.15) is 19.4 Å². The number of urea groups is 1. The monoisotopic (exact) mass is 440 g/mol. The lowest BCUT2D eigenvalue weighted by Gasteiger charge is -2.19. The molecule has 2 amide bonds. The molecule has 2 heterocycles. The minimum absolute atomic E-state index is 0.0415. The minimum Gasteiger partial charge on any atom is -0.347 e. The molecule has 1 aliphatic rings. The van der Waals surface area contributed by atoms with E-state index in [9.17, 15) is 13.2 Å². The highest BCUT2D eigenvalue weighted by molar-refractivity contribution is 7.92. The molecule has 0 fully saturated rings. The molecular formula is C23H28N4O3S. The summed E-state index contributed by atoms with van der Waals surface area (Å²) in [5, 5.41) is 6.49. The van der Waals surface area contributed by atoms with E-state index in [1.54, 1.807) is 0 Å². The third-order valence-electron chi connectivity index (χ3n) is 5.42. The number of carbonyl (C=O) groups is 1. The maximum Gasteiger partial charge on any atom is 0.319 e. The normalized spacial score (nSPS) is 13.6. The second-order valence-electron chi connectivity index (χ2n) is 8.28. The molecule has 0 saturated heterocycles. The first kappa shape index (κ1) is 21.2.